The van der Waals surface area contributed by atoms with Gasteiger partial charge in [0.05, 0.1) is 27.7 Å². The maximum Gasteiger partial charge on any atom is 0.435 e. The number of carbonyl (C=O) groups excluding carboxylic acids is 1. The highest BCUT2D eigenvalue weighted by atomic mass is 35.5. The number of rotatable bonds is 10. The van der Waals surface area contributed by atoms with Crippen LogP contribution in [0.5, 0.6) is 0 Å². The molecule has 7 rings (SSSR count). The summed E-state index contributed by atoms with van der Waals surface area (Å²) in [5.41, 5.74) is -1.58. The molecule has 1 fully saturated rings. The first kappa shape index (κ1) is 39.4. The highest BCUT2D eigenvalue weighted by molar-refractivity contribution is 7.89. The van der Waals surface area contributed by atoms with E-state index in [0.717, 1.165) is 18.4 Å². The Bertz CT molecular complexity index is 2590. The third-order valence-corrected chi connectivity index (χ3v) is 10.9. The summed E-state index contributed by atoms with van der Waals surface area (Å²) < 4.78 is 128. The maximum absolute atomic E-state index is 15.4. The number of aryl methyl sites for hydroxylation is 1. The Morgan fingerprint density at radius 2 is 1.77 bits per heavy atom. The van der Waals surface area contributed by atoms with E-state index < -0.39 is 98.9 Å². The number of pyridine rings is 1. The molecule has 1 N–H and O–H groups in total. The largest absolute Gasteiger partial charge is 0.435 e. The molecule has 18 heteroatoms. The molecule has 4 atom stereocenters. The van der Waals surface area contributed by atoms with Gasteiger partial charge >= 0.3 is 6.18 Å². The summed E-state index contributed by atoms with van der Waals surface area (Å²) >= 11 is 6.59. The van der Waals surface area contributed by atoms with Crippen LogP contribution >= 0.6 is 11.6 Å². The molecule has 56 heavy (non-hydrogen) atoms. The molecule has 1 saturated carbocycles. The van der Waals surface area contributed by atoms with Crippen molar-refractivity contribution < 1.29 is 49.1 Å². The average Bonchev–Trinajstić information content (AvgIpc) is 3.61. The summed E-state index contributed by atoms with van der Waals surface area (Å²) in [6, 6.07) is 8.87. The second-order valence-electron chi connectivity index (χ2n) is 14.3. The van der Waals surface area contributed by atoms with Crippen LogP contribution in [-0.4, -0.2) is 56.2 Å². The minimum Gasteiger partial charge on any atom is -0.381 e. The SMILES string of the molecule is CC(O)C#Cc1ccc(-c2ccc(Cl)c3c(CS(C)(=O)=O)nn(C)c23)c([C@@H](CC(=O)Cn2nc(C(F)(F)F)c3c2C(F)(F)[C@@H]2C[C@H]32)Cc2cc(F)cc(F)c2)n1. The van der Waals surface area contributed by atoms with Crippen molar-refractivity contribution in [2.75, 3.05) is 6.26 Å². The first-order chi connectivity index (χ1) is 26.1. The Morgan fingerprint density at radius 1 is 1.09 bits per heavy atom. The summed E-state index contributed by atoms with van der Waals surface area (Å²) in [4.78, 5) is 18.7. The van der Waals surface area contributed by atoms with Crippen LogP contribution in [0.3, 0.4) is 0 Å². The number of halogens is 8. The van der Waals surface area contributed by atoms with Crippen molar-refractivity contribution in [2.24, 2.45) is 13.0 Å². The van der Waals surface area contributed by atoms with Crippen LogP contribution in [0.15, 0.2) is 42.5 Å². The molecule has 5 aromatic rings. The molecule has 0 aliphatic heterocycles. The van der Waals surface area contributed by atoms with Crippen LogP contribution < -0.4 is 0 Å². The van der Waals surface area contributed by atoms with E-state index in [1.54, 1.807) is 19.2 Å². The molecule has 0 amide bonds. The van der Waals surface area contributed by atoms with Crippen molar-refractivity contribution in [1.82, 2.24) is 24.5 Å². The van der Waals surface area contributed by atoms with Gasteiger partial charge in [-0.1, -0.05) is 23.6 Å². The number of sulfone groups is 1. The summed E-state index contributed by atoms with van der Waals surface area (Å²) in [5.74, 6) is -5.02. The molecular formula is C38H31ClF7N5O4S. The zero-order valence-electron chi connectivity index (χ0n) is 29.7. The summed E-state index contributed by atoms with van der Waals surface area (Å²) in [7, 11) is -2.03. The van der Waals surface area contributed by atoms with Gasteiger partial charge in [-0.25, -0.2) is 22.2 Å². The molecule has 0 bridgehead atoms. The number of fused-ring (bicyclic) bond motifs is 4. The molecule has 0 saturated heterocycles. The van der Waals surface area contributed by atoms with E-state index in [9.17, 15) is 40.3 Å². The fraction of sp³-hybridized carbons (Fsp3) is 0.368. The highest BCUT2D eigenvalue weighted by Gasteiger charge is 2.68. The maximum atomic E-state index is 15.4. The summed E-state index contributed by atoms with van der Waals surface area (Å²) in [6.07, 6.45) is -6.10. The molecule has 294 valence electrons. The molecule has 1 unspecified atom stereocenters. The van der Waals surface area contributed by atoms with E-state index in [-0.39, 0.29) is 40.5 Å². The topological polar surface area (TPSA) is 120 Å². The molecule has 2 aromatic carbocycles. The van der Waals surface area contributed by atoms with Gasteiger partial charge in [0.2, 0.25) is 0 Å². The monoisotopic (exact) mass is 821 g/mol. The third kappa shape index (κ3) is 7.53. The zero-order chi connectivity index (χ0) is 40.6. The van der Waals surface area contributed by atoms with E-state index in [0.29, 0.717) is 32.8 Å². The number of Topliss-reactive ketones (excluding diaryl/α,β-unsaturated/α-hetero) is 1. The Morgan fingerprint density at radius 3 is 2.41 bits per heavy atom. The van der Waals surface area contributed by atoms with Crippen molar-refractivity contribution in [3.05, 3.63) is 98.7 Å². The van der Waals surface area contributed by atoms with Gasteiger partial charge in [-0.3, -0.25) is 14.2 Å². The number of hydrogen-bond acceptors (Lipinski definition) is 7. The van der Waals surface area contributed by atoms with Crippen LogP contribution in [-0.2, 0) is 52.5 Å². The highest BCUT2D eigenvalue weighted by Crippen LogP contribution is 2.68. The van der Waals surface area contributed by atoms with E-state index in [1.807, 2.05) is 0 Å². The molecule has 3 aromatic heterocycles. The van der Waals surface area contributed by atoms with Gasteiger partial charge in [0.25, 0.3) is 5.92 Å². The first-order valence-corrected chi connectivity index (χ1v) is 19.6. The van der Waals surface area contributed by atoms with Crippen molar-refractivity contribution >= 4 is 38.1 Å². The Hall–Kier alpha value is -4.79. The number of aliphatic hydroxyl groups is 1. The predicted octanol–water partition coefficient (Wildman–Crippen LogP) is 7.25. The van der Waals surface area contributed by atoms with E-state index in [1.165, 1.54) is 23.7 Å². The van der Waals surface area contributed by atoms with Gasteiger partial charge in [-0.05, 0) is 67.5 Å². The van der Waals surface area contributed by atoms with Crippen LogP contribution in [0, 0.1) is 29.4 Å². The minimum atomic E-state index is -5.06. The number of hydrogen-bond donors (Lipinski definition) is 1. The van der Waals surface area contributed by atoms with Crippen molar-refractivity contribution in [2.45, 2.75) is 68.5 Å². The average molecular weight is 822 g/mol. The Kier molecular flexibility index (Phi) is 9.86. The number of aromatic nitrogens is 5. The Labute approximate surface area is 320 Å². The molecule has 2 aliphatic rings. The van der Waals surface area contributed by atoms with Crippen LogP contribution in [0.1, 0.15) is 71.2 Å². The van der Waals surface area contributed by atoms with Crippen LogP contribution in [0.4, 0.5) is 30.7 Å². The van der Waals surface area contributed by atoms with Gasteiger partial charge in [0.15, 0.2) is 21.3 Å². The molecule has 2 aliphatic carbocycles. The quantitative estimate of drug-likeness (QED) is 0.116. The lowest BCUT2D eigenvalue weighted by atomic mass is 9.86. The van der Waals surface area contributed by atoms with Gasteiger partial charge in [0, 0.05) is 59.7 Å². The fourth-order valence-corrected chi connectivity index (χ4v) is 8.63. The number of ketones is 1. The van der Waals surface area contributed by atoms with Crippen LogP contribution in [0.25, 0.3) is 22.0 Å². The number of alkyl halides is 5. The number of nitrogens with zero attached hydrogens (tertiary/aromatic N) is 5. The lowest BCUT2D eigenvalue weighted by Crippen LogP contribution is -2.24. The fourth-order valence-electron chi connectivity index (χ4n) is 7.66. The second kappa shape index (κ2) is 14.0. The van der Waals surface area contributed by atoms with E-state index in [2.05, 4.69) is 22.0 Å². The summed E-state index contributed by atoms with van der Waals surface area (Å²) in [6.45, 7) is 0.437. The second-order valence-corrected chi connectivity index (χ2v) is 16.8. The van der Waals surface area contributed by atoms with Gasteiger partial charge in [-0.2, -0.15) is 32.1 Å². The first-order valence-electron chi connectivity index (χ1n) is 17.2. The summed E-state index contributed by atoms with van der Waals surface area (Å²) in [5, 5.41) is 18.2. The van der Waals surface area contributed by atoms with Crippen molar-refractivity contribution in [1.29, 1.82) is 0 Å². The number of carbonyl (C=O) groups is 1. The Balaban J connectivity index is 1.38. The minimum absolute atomic E-state index is 0.0664. The molecule has 0 radical (unpaired) electrons. The van der Waals surface area contributed by atoms with Crippen LogP contribution in [0.2, 0.25) is 5.02 Å². The van der Waals surface area contributed by atoms with E-state index >= 15 is 8.78 Å². The number of benzene rings is 2. The van der Waals surface area contributed by atoms with Crippen molar-refractivity contribution in [3.8, 4) is 23.0 Å². The molecule has 9 nitrogen and oxygen atoms in total. The predicted molar refractivity (Wildman–Crippen MR) is 190 cm³/mol. The van der Waals surface area contributed by atoms with Gasteiger partial charge in [0.1, 0.15) is 35.7 Å². The molecule has 3 heterocycles. The smallest absolute Gasteiger partial charge is 0.381 e. The normalized spacial score (nSPS) is 18.3. The molecular weight excluding hydrogens is 791 g/mol. The standard InChI is InChI=1S/C38H31ClF7N5O4S/c1-18(52)4-5-23-6-7-25(26-8-9-29(39)32-30(17-56(3,54)55)48-50(2)34(26)32)33(47-23)20(10-19-11-21(40)14-22(41)12-19)13-24(53)16-51-36-31(35(49-51)38(44,45)46)27-15-28(27)37(36,42)43/h6-9,11-12,14,18,20,27-28,52H,10,13,15-17H2,1-3H3/t18?,20-,27+,28-/m1/s1. The third-order valence-electron chi connectivity index (χ3n) is 9.82. The number of aliphatic hydroxyl groups excluding tert-OH is 1. The molecule has 0 spiro atoms. The van der Waals surface area contributed by atoms with E-state index in [4.69, 9.17) is 16.6 Å². The lowest BCUT2D eigenvalue weighted by molar-refractivity contribution is -0.142. The van der Waals surface area contributed by atoms with Gasteiger partial charge < -0.3 is 5.11 Å². The van der Waals surface area contributed by atoms with Crippen molar-refractivity contribution in [3.63, 3.8) is 0 Å². The van der Waals surface area contributed by atoms with Gasteiger partial charge in [-0.15, -0.1) is 0 Å². The lowest BCUT2D eigenvalue weighted by Gasteiger charge is -2.21. The zero-order valence-corrected chi connectivity index (χ0v) is 31.3.